The molecular formula is C14H18N2O4S. The molecule has 3 heterocycles. The highest BCUT2D eigenvalue weighted by atomic mass is 32.2. The molecule has 1 aromatic rings. The molecular weight excluding hydrogens is 292 g/mol. The van der Waals surface area contributed by atoms with E-state index in [0.29, 0.717) is 6.42 Å². The molecule has 0 aromatic carbocycles. The van der Waals surface area contributed by atoms with Crippen LogP contribution in [0.25, 0.3) is 0 Å². The van der Waals surface area contributed by atoms with Crippen molar-refractivity contribution in [2.75, 3.05) is 13.2 Å². The van der Waals surface area contributed by atoms with E-state index in [0.717, 1.165) is 0 Å². The van der Waals surface area contributed by atoms with Gasteiger partial charge in [-0.15, -0.1) is 11.8 Å². The monoisotopic (exact) mass is 310 g/mol. The van der Waals surface area contributed by atoms with Crippen LogP contribution in [0.15, 0.2) is 24.5 Å². The lowest BCUT2D eigenvalue weighted by Crippen LogP contribution is -2.58. The molecule has 0 aliphatic carbocycles. The maximum absolute atomic E-state index is 11.9. The fraction of sp³-hybridized carbons (Fsp3) is 0.571. The van der Waals surface area contributed by atoms with Gasteiger partial charge >= 0.3 is 5.97 Å². The van der Waals surface area contributed by atoms with Gasteiger partial charge in [0.2, 0.25) is 5.91 Å². The van der Waals surface area contributed by atoms with Crippen molar-refractivity contribution in [3.8, 4) is 0 Å². The van der Waals surface area contributed by atoms with Crippen LogP contribution in [0.1, 0.15) is 19.4 Å². The molecule has 2 N–H and O–H groups in total. The average Bonchev–Trinajstić information content (AvgIpc) is 3.06. The Morgan fingerprint density at radius 1 is 1.52 bits per heavy atom. The summed E-state index contributed by atoms with van der Waals surface area (Å²) >= 11 is 1.31. The maximum atomic E-state index is 11.9. The standard InChI is InChI=1S/C14H18N2O4S/c1-9(15-4-2-3-5-15)6-14(13(19)20)8-16-11(18)10(7-17)12(16)21-14/h2-5,9-10,12,17H,6-8H2,1H3,(H,19,20)/t9-,10+,12-,14?/m1/s1. The first-order chi connectivity index (χ1) is 9.98. The molecule has 1 unspecified atom stereocenters. The molecule has 0 spiro atoms. The van der Waals surface area contributed by atoms with Gasteiger partial charge in [0.05, 0.1) is 17.9 Å². The van der Waals surface area contributed by atoms with Gasteiger partial charge in [-0.2, -0.15) is 0 Å². The van der Waals surface area contributed by atoms with E-state index in [9.17, 15) is 19.8 Å². The average molecular weight is 310 g/mol. The van der Waals surface area contributed by atoms with Crippen LogP contribution in [0.4, 0.5) is 0 Å². The Morgan fingerprint density at radius 3 is 2.76 bits per heavy atom. The van der Waals surface area contributed by atoms with Crippen LogP contribution in [0.2, 0.25) is 0 Å². The molecule has 1 amide bonds. The number of thioether (sulfide) groups is 1. The number of nitrogens with zero attached hydrogens (tertiary/aromatic N) is 2. The van der Waals surface area contributed by atoms with Crippen molar-refractivity contribution < 1.29 is 19.8 Å². The Kier molecular flexibility index (Phi) is 3.49. The van der Waals surface area contributed by atoms with Crippen LogP contribution < -0.4 is 0 Å². The predicted molar refractivity (Wildman–Crippen MR) is 77.8 cm³/mol. The molecule has 2 aliphatic rings. The summed E-state index contributed by atoms with van der Waals surface area (Å²) < 4.78 is 0.986. The molecule has 2 aliphatic heterocycles. The van der Waals surface area contributed by atoms with Gasteiger partial charge in [0.15, 0.2) is 0 Å². The maximum Gasteiger partial charge on any atom is 0.321 e. The number of aromatic nitrogens is 1. The number of aliphatic hydroxyl groups is 1. The Hall–Kier alpha value is -1.47. The lowest BCUT2D eigenvalue weighted by molar-refractivity contribution is -0.152. The lowest BCUT2D eigenvalue weighted by atomic mass is 9.94. The summed E-state index contributed by atoms with van der Waals surface area (Å²) in [6.45, 7) is 1.99. The van der Waals surface area contributed by atoms with E-state index in [1.165, 1.54) is 11.8 Å². The number of carboxylic acids is 1. The Bertz CT molecular complexity index is 561. The highest BCUT2D eigenvalue weighted by molar-refractivity contribution is 8.02. The van der Waals surface area contributed by atoms with Gasteiger partial charge < -0.3 is 19.7 Å². The first kappa shape index (κ1) is 14.5. The highest BCUT2D eigenvalue weighted by Crippen LogP contribution is 2.52. The number of hydrogen-bond donors (Lipinski definition) is 2. The van der Waals surface area contributed by atoms with Crippen LogP contribution in [0.5, 0.6) is 0 Å². The first-order valence-electron chi connectivity index (χ1n) is 6.93. The topological polar surface area (TPSA) is 82.8 Å². The number of carboxylic acid groups (broad SMARTS) is 1. The second kappa shape index (κ2) is 5.06. The molecule has 114 valence electrons. The van der Waals surface area contributed by atoms with Crippen molar-refractivity contribution in [2.24, 2.45) is 5.92 Å². The third-order valence-corrected chi connectivity index (χ3v) is 6.12. The van der Waals surface area contributed by atoms with Gasteiger partial charge in [0.1, 0.15) is 4.75 Å². The molecule has 4 atom stereocenters. The van der Waals surface area contributed by atoms with Crippen LogP contribution in [0, 0.1) is 5.92 Å². The zero-order valence-electron chi connectivity index (χ0n) is 11.7. The van der Waals surface area contributed by atoms with Crippen molar-refractivity contribution in [2.45, 2.75) is 29.5 Å². The normalized spacial score (nSPS) is 32.7. The summed E-state index contributed by atoms with van der Waals surface area (Å²) in [5.74, 6) is -1.46. The van der Waals surface area contributed by atoms with Crippen molar-refractivity contribution >= 4 is 23.6 Å². The van der Waals surface area contributed by atoms with Crippen molar-refractivity contribution in [1.29, 1.82) is 0 Å². The Labute approximate surface area is 126 Å². The predicted octanol–water partition coefficient (Wildman–Crippen LogP) is 0.786. The van der Waals surface area contributed by atoms with E-state index < -0.39 is 16.6 Å². The summed E-state index contributed by atoms with van der Waals surface area (Å²) in [4.78, 5) is 25.3. The van der Waals surface area contributed by atoms with E-state index in [2.05, 4.69) is 0 Å². The number of aliphatic carboxylic acids is 1. The van der Waals surface area contributed by atoms with Crippen LogP contribution >= 0.6 is 11.8 Å². The van der Waals surface area contributed by atoms with Crippen molar-refractivity contribution in [3.63, 3.8) is 0 Å². The van der Waals surface area contributed by atoms with E-state index in [1.807, 2.05) is 36.0 Å². The van der Waals surface area contributed by atoms with Gasteiger partial charge in [-0.05, 0) is 25.5 Å². The van der Waals surface area contributed by atoms with E-state index in [-0.39, 0.29) is 30.5 Å². The van der Waals surface area contributed by atoms with Crippen molar-refractivity contribution in [3.05, 3.63) is 24.5 Å². The van der Waals surface area contributed by atoms with Gasteiger partial charge in [0.25, 0.3) is 0 Å². The highest BCUT2D eigenvalue weighted by Gasteiger charge is 2.61. The fourth-order valence-corrected chi connectivity index (χ4v) is 4.95. The SMILES string of the molecule is C[C@H](CC1(C(=O)O)CN2C(=O)[C@H](CO)[C@H]2S1)n1cccc1. The number of aliphatic hydroxyl groups excluding tert-OH is 1. The quantitative estimate of drug-likeness (QED) is 0.786. The molecule has 21 heavy (non-hydrogen) atoms. The van der Waals surface area contributed by atoms with Crippen LogP contribution in [0.3, 0.4) is 0 Å². The van der Waals surface area contributed by atoms with Gasteiger partial charge in [-0.3, -0.25) is 9.59 Å². The van der Waals surface area contributed by atoms with Crippen molar-refractivity contribution in [1.82, 2.24) is 9.47 Å². The molecule has 0 bridgehead atoms. The molecule has 3 rings (SSSR count). The van der Waals surface area contributed by atoms with Gasteiger partial charge in [0, 0.05) is 25.0 Å². The molecule has 2 saturated heterocycles. The summed E-state index contributed by atoms with van der Waals surface area (Å²) in [5.41, 5.74) is 0. The third kappa shape index (κ3) is 2.15. The Balaban J connectivity index is 1.79. The van der Waals surface area contributed by atoms with E-state index in [4.69, 9.17) is 0 Å². The number of carbonyl (C=O) groups is 2. The Morgan fingerprint density at radius 2 is 2.19 bits per heavy atom. The molecule has 6 nitrogen and oxygen atoms in total. The minimum atomic E-state index is -0.992. The first-order valence-corrected chi connectivity index (χ1v) is 7.81. The zero-order valence-corrected chi connectivity index (χ0v) is 12.5. The summed E-state index contributed by atoms with van der Waals surface area (Å²) in [5, 5.41) is 18.7. The summed E-state index contributed by atoms with van der Waals surface area (Å²) in [7, 11) is 0. The molecule has 2 fully saturated rings. The molecule has 0 radical (unpaired) electrons. The summed E-state index contributed by atoms with van der Waals surface area (Å²) in [6, 6.07) is 3.85. The number of fused-ring (bicyclic) bond motifs is 1. The lowest BCUT2D eigenvalue weighted by Gasteiger charge is -2.40. The van der Waals surface area contributed by atoms with Gasteiger partial charge in [-0.1, -0.05) is 0 Å². The number of β-lactam (4-membered cyclic amide) rings is 1. The van der Waals surface area contributed by atoms with E-state index in [1.54, 1.807) is 4.90 Å². The molecule has 0 saturated carbocycles. The third-order valence-electron chi connectivity index (χ3n) is 4.37. The number of hydrogen-bond acceptors (Lipinski definition) is 4. The van der Waals surface area contributed by atoms with Crippen LogP contribution in [-0.2, 0) is 9.59 Å². The zero-order chi connectivity index (χ0) is 15.2. The number of amides is 1. The second-order valence-electron chi connectivity index (χ2n) is 5.75. The number of carbonyl (C=O) groups excluding carboxylic acids is 1. The summed E-state index contributed by atoms with van der Waals surface area (Å²) in [6.07, 6.45) is 4.27. The molecule has 1 aromatic heterocycles. The minimum absolute atomic E-state index is 0.0324. The smallest absolute Gasteiger partial charge is 0.321 e. The van der Waals surface area contributed by atoms with E-state index >= 15 is 0 Å². The van der Waals surface area contributed by atoms with Gasteiger partial charge in [-0.25, -0.2) is 0 Å². The minimum Gasteiger partial charge on any atom is -0.480 e. The fourth-order valence-electron chi connectivity index (χ4n) is 3.16. The van der Waals surface area contributed by atoms with Crippen LogP contribution in [-0.4, -0.2) is 54.8 Å². The largest absolute Gasteiger partial charge is 0.480 e. The number of rotatable bonds is 5. The second-order valence-corrected chi connectivity index (χ2v) is 7.25. The molecule has 7 heteroatoms.